The Kier molecular flexibility index (Phi) is 12.3. The van der Waals surface area contributed by atoms with E-state index in [-0.39, 0.29) is 24.0 Å². The average molecular weight is 492 g/mol. The summed E-state index contributed by atoms with van der Waals surface area (Å²) in [6.07, 6.45) is 3.24. The van der Waals surface area contributed by atoms with Gasteiger partial charge in [0.15, 0.2) is 5.96 Å². The largest absolute Gasteiger partial charge is 0.379 e. The first-order valence-corrected chi connectivity index (χ1v) is 10.4. The van der Waals surface area contributed by atoms with E-state index in [1.807, 2.05) is 0 Å². The second-order valence-corrected chi connectivity index (χ2v) is 7.09. The number of rotatable bonds is 8. The van der Waals surface area contributed by atoms with Crippen LogP contribution in [0, 0.1) is 6.92 Å². The molecule has 2 N–H and O–H groups in total. The second-order valence-electron chi connectivity index (χ2n) is 6.24. The fraction of sp³-hybridized carbons (Fsp3) is 0.632. The average Bonchev–Trinajstić information content (AvgIpc) is 2.64. The highest BCUT2D eigenvalue weighted by atomic mass is 127. The van der Waals surface area contributed by atoms with Crippen LogP contribution < -0.4 is 10.6 Å². The molecule has 1 aliphatic rings. The van der Waals surface area contributed by atoms with Gasteiger partial charge < -0.3 is 15.4 Å². The van der Waals surface area contributed by atoms with Gasteiger partial charge >= 0.3 is 0 Å². The quantitative estimate of drug-likeness (QED) is 0.192. The van der Waals surface area contributed by atoms with Crippen molar-refractivity contribution in [1.82, 2.24) is 15.5 Å². The number of hydrogen-bond acceptors (Lipinski definition) is 4. The number of morpholine rings is 1. The Labute approximate surface area is 179 Å². The van der Waals surface area contributed by atoms with Crippen LogP contribution >= 0.6 is 35.7 Å². The molecule has 1 aromatic rings. The molecule has 0 amide bonds. The van der Waals surface area contributed by atoms with Crippen LogP contribution in [-0.4, -0.2) is 63.1 Å². The van der Waals surface area contributed by atoms with E-state index in [0.717, 1.165) is 58.3 Å². The van der Waals surface area contributed by atoms with Crippen LogP contribution in [0.3, 0.4) is 0 Å². The van der Waals surface area contributed by atoms with Gasteiger partial charge in [0.05, 0.1) is 19.8 Å². The molecular formula is C19H33IN4OS. The molecule has 7 heteroatoms. The van der Waals surface area contributed by atoms with Gasteiger partial charge in [-0.25, -0.2) is 4.99 Å². The van der Waals surface area contributed by atoms with Gasteiger partial charge in [-0.1, -0.05) is 12.1 Å². The number of nitrogens with one attached hydrogen (secondary N) is 2. The molecule has 0 saturated carbocycles. The Bertz CT molecular complexity index is 550. The van der Waals surface area contributed by atoms with E-state index in [1.54, 1.807) is 11.8 Å². The molecule has 0 radical (unpaired) electrons. The summed E-state index contributed by atoms with van der Waals surface area (Å²) in [6.45, 7) is 11.7. The number of hydrogen-bond donors (Lipinski definition) is 2. The lowest BCUT2D eigenvalue weighted by Crippen LogP contribution is -2.40. The van der Waals surface area contributed by atoms with Crippen LogP contribution in [0.5, 0.6) is 0 Å². The minimum Gasteiger partial charge on any atom is -0.379 e. The molecule has 0 unspecified atom stereocenters. The van der Waals surface area contributed by atoms with Crippen molar-refractivity contribution in [3.63, 3.8) is 0 Å². The van der Waals surface area contributed by atoms with Crippen LogP contribution in [0.1, 0.15) is 24.5 Å². The van der Waals surface area contributed by atoms with E-state index in [1.165, 1.54) is 16.0 Å². The Morgan fingerprint density at radius 3 is 2.73 bits per heavy atom. The summed E-state index contributed by atoms with van der Waals surface area (Å²) < 4.78 is 5.39. The number of aliphatic imine (C=N–C) groups is 1. The van der Waals surface area contributed by atoms with Gasteiger partial charge in [-0.3, -0.25) is 4.90 Å². The van der Waals surface area contributed by atoms with Crippen molar-refractivity contribution in [3.8, 4) is 0 Å². The molecule has 2 rings (SSSR count). The van der Waals surface area contributed by atoms with E-state index in [2.05, 4.69) is 53.8 Å². The highest BCUT2D eigenvalue weighted by molar-refractivity contribution is 14.0. The minimum atomic E-state index is 0. The molecule has 0 aliphatic carbocycles. The normalized spacial score (nSPS) is 15.4. The van der Waals surface area contributed by atoms with Crippen molar-refractivity contribution in [1.29, 1.82) is 0 Å². The first-order chi connectivity index (χ1) is 12.2. The number of benzene rings is 1. The van der Waals surface area contributed by atoms with Gasteiger partial charge in [-0.2, -0.15) is 0 Å². The zero-order chi connectivity index (χ0) is 17.9. The molecule has 1 aromatic carbocycles. The van der Waals surface area contributed by atoms with E-state index in [4.69, 9.17) is 9.73 Å². The van der Waals surface area contributed by atoms with E-state index < -0.39 is 0 Å². The van der Waals surface area contributed by atoms with Gasteiger partial charge in [0.25, 0.3) is 0 Å². The van der Waals surface area contributed by atoms with Gasteiger partial charge in [0.1, 0.15) is 0 Å². The molecule has 1 heterocycles. The predicted molar refractivity (Wildman–Crippen MR) is 123 cm³/mol. The number of thioether (sulfide) groups is 1. The summed E-state index contributed by atoms with van der Waals surface area (Å²) in [6, 6.07) is 6.58. The zero-order valence-corrected chi connectivity index (χ0v) is 19.4. The highest BCUT2D eigenvalue weighted by Gasteiger charge is 2.09. The first kappa shape index (κ1) is 23.5. The Balaban J connectivity index is 0.00000338. The van der Waals surface area contributed by atoms with Gasteiger partial charge in [0.2, 0.25) is 0 Å². The van der Waals surface area contributed by atoms with E-state index in [0.29, 0.717) is 6.54 Å². The van der Waals surface area contributed by atoms with Crippen molar-refractivity contribution < 1.29 is 4.74 Å². The SMILES string of the molecule is CCNC(=NCc1ccc(C)cc1SC)NCCCN1CCOCC1.I. The van der Waals surface area contributed by atoms with Crippen LogP contribution in [0.15, 0.2) is 28.1 Å². The van der Waals surface area contributed by atoms with Gasteiger partial charge in [0, 0.05) is 31.1 Å². The molecule has 0 atom stereocenters. The Morgan fingerprint density at radius 2 is 2.04 bits per heavy atom. The van der Waals surface area contributed by atoms with Crippen LogP contribution in [-0.2, 0) is 11.3 Å². The zero-order valence-electron chi connectivity index (χ0n) is 16.2. The summed E-state index contributed by atoms with van der Waals surface area (Å²) in [5.74, 6) is 0.900. The molecule has 0 bridgehead atoms. The van der Waals surface area contributed by atoms with Crippen molar-refractivity contribution in [3.05, 3.63) is 29.3 Å². The summed E-state index contributed by atoms with van der Waals surface area (Å²) in [5.41, 5.74) is 2.58. The summed E-state index contributed by atoms with van der Waals surface area (Å²) >= 11 is 1.79. The number of halogens is 1. The third-order valence-corrected chi connectivity index (χ3v) is 5.06. The number of ether oxygens (including phenoxy) is 1. The van der Waals surface area contributed by atoms with Crippen LogP contribution in [0.25, 0.3) is 0 Å². The monoisotopic (exact) mass is 492 g/mol. The molecule has 148 valence electrons. The van der Waals surface area contributed by atoms with Crippen molar-refractivity contribution >= 4 is 41.7 Å². The lowest BCUT2D eigenvalue weighted by Gasteiger charge is -2.26. The molecule has 0 spiro atoms. The predicted octanol–water partition coefficient (Wildman–Crippen LogP) is 3.11. The maximum Gasteiger partial charge on any atom is 0.191 e. The van der Waals surface area contributed by atoms with Crippen LogP contribution in [0.4, 0.5) is 0 Å². The fourth-order valence-corrected chi connectivity index (χ4v) is 3.52. The third kappa shape index (κ3) is 8.45. The summed E-state index contributed by atoms with van der Waals surface area (Å²) in [4.78, 5) is 8.53. The number of guanidine groups is 1. The number of aryl methyl sites for hydroxylation is 1. The maximum absolute atomic E-state index is 5.39. The summed E-state index contributed by atoms with van der Waals surface area (Å²) in [5, 5.41) is 6.79. The molecule has 26 heavy (non-hydrogen) atoms. The molecule has 5 nitrogen and oxygen atoms in total. The van der Waals surface area contributed by atoms with E-state index >= 15 is 0 Å². The van der Waals surface area contributed by atoms with Crippen LogP contribution in [0.2, 0.25) is 0 Å². The Morgan fingerprint density at radius 1 is 1.27 bits per heavy atom. The fourth-order valence-electron chi connectivity index (χ4n) is 2.82. The van der Waals surface area contributed by atoms with Crippen molar-refractivity contribution in [2.24, 2.45) is 4.99 Å². The maximum atomic E-state index is 5.39. The lowest BCUT2D eigenvalue weighted by atomic mass is 10.1. The van der Waals surface area contributed by atoms with Crippen molar-refractivity contribution in [2.75, 3.05) is 52.2 Å². The third-order valence-electron chi connectivity index (χ3n) is 4.24. The van der Waals surface area contributed by atoms with Crippen molar-refractivity contribution in [2.45, 2.75) is 31.7 Å². The second kappa shape index (κ2) is 13.6. The first-order valence-electron chi connectivity index (χ1n) is 9.18. The molecular weight excluding hydrogens is 459 g/mol. The lowest BCUT2D eigenvalue weighted by molar-refractivity contribution is 0.0376. The number of nitrogens with zero attached hydrogens (tertiary/aromatic N) is 2. The molecule has 0 aromatic heterocycles. The minimum absolute atomic E-state index is 0. The van der Waals surface area contributed by atoms with E-state index in [9.17, 15) is 0 Å². The topological polar surface area (TPSA) is 48.9 Å². The molecule has 1 aliphatic heterocycles. The molecule has 1 saturated heterocycles. The Hall–Kier alpha value is -0.510. The van der Waals surface area contributed by atoms with Gasteiger partial charge in [-0.15, -0.1) is 35.7 Å². The smallest absolute Gasteiger partial charge is 0.191 e. The summed E-state index contributed by atoms with van der Waals surface area (Å²) in [7, 11) is 0. The molecule has 1 fully saturated rings. The standard InChI is InChI=1S/C19H32N4OS.HI/c1-4-20-19(21-8-5-9-23-10-12-24-13-11-23)22-15-17-7-6-16(2)14-18(17)25-3;/h6-7,14H,4-5,8-13,15H2,1-3H3,(H2,20,21,22);1H. The van der Waals surface area contributed by atoms with Gasteiger partial charge in [-0.05, 0) is 50.3 Å². The highest BCUT2D eigenvalue weighted by Crippen LogP contribution is 2.22.